The summed E-state index contributed by atoms with van der Waals surface area (Å²) in [6.45, 7) is 1.30. The molecule has 0 radical (unpaired) electrons. The van der Waals surface area contributed by atoms with Gasteiger partial charge in [-0.2, -0.15) is 0 Å². The molecule has 0 spiro atoms. The molecule has 2 aromatic heterocycles. The highest BCUT2D eigenvalue weighted by Crippen LogP contribution is 2.26. The van der Waals surface area contributed by atoms with E-state index in [4.69, 9.17) is 14.3 Å². The molecule has 1 aliphatic rings. The Morgan fingerprint density at radius 1 is 1.22 bits per heavy atom. The van der Waals surface area contributed by atoms with E-state index in [1.165, 1.54) is 30.6 Å². The van der Waals surface area contributed by atoms with Crippen LogP contribution in [0.5, 0.6) is 0 Å². The molecule has 1 atom stereocenters. The number of carbonyl (C=O) groups excluding carboxylic acids is 1. The highest BCUT2D eigenvalue weighted by atomic mass is 32.2. The van der Waals surface area contributed by atoms with Gasteiger partial charge in [-0.25, -0.2) is 18.4 Å². The lowest BCUT2D eigenvalue weighted by molar-refractivity contribution is -0.110. The molecule has 4 rings (SSSR count). The molecule has 198 valence electrons. The van der Waals surface area contributed by atoms with Crippen LogP contribution in [-0.2, 0) is 28.9 Å². The molecule has 0 bridgehead atoms. The van der Waals surface area contributed by atoms with Crippen molar-refractivity contribution in [3.05, 3.63) is 42.0 Å². The lowest BCUT2D eigenvalue weighted by Crippen LogP contribution is -2.25. The standard InChI is InChI=1S/C24H29N5O6S2/c1-29(2)20-10-9-19-23(26-20)36-24(25-19)27-22(30)21(28-35-17-11-13-34-15-17)16-5-7-18(8-6-16)37(31,32)14-4-12-33-3/h5-10,17H,4,11-15H2,1-3H3,(H,25,27,30)/b28-21+/t17-/m1/s1. The molecule has 0 unspecified atom stereocenters. The first-order valence-corrected chi connectivity index (χ1v) is 14.1. The van der Waals surface area contributed by atoms with Crippen molar-refractivity contribution in [2.75, 3.05) is 57.0 Å². The fourth-order valence-electron chi connectivity index (χ4n) is 3.55. The Morgan fingerprint density at radius 3 is 2.68 bits per heavy atom. The summed E-state index contributed by atoms with van der Waals surface area (Å²) in [6, 6.07) is 9.70. The van der Waals surface area contributed by atoms with E-state index >= 15 is 0 Å². The zero-order valence-electron chi connectivity index (χ0n) is 20.8. The van der Waals surface area contributed by atoms with Gasteiger partial charge >= 0.3 is 0 Å². The maximum absolute atomic E-state index is 13.3. The summed E-state index contributed by atoms with van der Waals surface area (Å²) in [5, 5.41) is 7.26. The van der Waals surface area contributed by atoms with Gasteiger partial charge in [-0.1, -0.05) is 28.6 Å². The zero-order valence-corrected chi connectivity index (χ0v) is 22.5. The van der Waals surface area contributed by atoms with Gasteiger partial charge < -0.3 is 19.2 Å². The second-order valence-electron chi connectivity index (χ2n) is 8.58. The topological polar surface area (TPSA) is 132 Å². The first-order valence-electron chi connectivity index (χ1n) is 11.7. The van der Waals surface area contributed by atoms with E-state index in [-0.39, 0.29) is 22.5 Å². The van der Waals surface area contributed by atoms with E-state index in [1.54, 1.807) is 12.1 Å². The number of methoxy groups -OCH3 is 1. The molecule has 13 heteroatoms. The summed E-state index contributed by atoms with van der Waals surface area (Å²) in [4.78, 5) is 30.6. The number of rotatable bonds is 11. The quantitative estimate of drug-likeness (QED) is 0.219. The number of hydrogen-bond donors (Lipinski definition) is 1. The molecule has 11 nitrogen and oxygen atoms in total. The molecule has 1 N–H and O–H groups in total. The number of pyridine rings is 1. The largest absolute Gasteiger partial charge is 0.389 e. The first-order chi connectivity index (χ1) is 17.8. The Labute approximate surface area is 219 Å². The van der Waals surface area contributed by atoms with Crippen LogP contribution in [0.1, 0.15) is 18.4 Å². The molecule has 3 aromatic rings. The predicted octanol–water partition coefficient (Wildman–Crippen LogP) is 2.72. The maximum Gasteiger partial charge on any atom is 0.280 e. The lowest BCUT2D eigenvalue weighted by Gasteiger charge is -2.10. The van der Waals surface area contributed by atoms with Crippen molar-refractivity contribution in [2.45, 2.75) is 23.8 Å². The third-order valence-electron chi connectivity index (χ3n) is 5.56. The van der Waals surface area contributed by atoms with E-state index in [0.29, 0.717) is 53.7 Å². The highest BCUT2D eigenvalue weighted by molar-refractivity contribution is 7.91. The number of anilines is 2. The molecule has 0 aliphatic carbocycles. The molecule has 1 aliphatic heterocycles. The van der Waals surface area contributed by atoms with Crippen LogP contribution >= 0.6 is 11.3 Å². The van der Waals surface area contributed by atoms with Crippen molar-refractivity contribution in [3.63, 3.8) is 0 Å². The van der Waals surface area contributed by atoms with Gasteiger partial charge in [-0.05, 0) is 30.7 Å². The van der Waals surface area contributed by atoms with Crippen molar-refractivity contribution < 1.29 is 27.5 Å². The summed E-state index contributed by atoms with van der Waals surface area (Å²) in [6.07, 6.45) is 0.786. The summed E-state index contributed by atoms with van der Waals surface area (Å²) < 4.78 is 35.5. The summed E-state index contributed by atoms with van der Waals surface area (Å²) in [5.41, 5.74) is 1.06. The van der Waals surface area contributed by atoms with Crippen molar-refractivity contribution in [1.29, 1.82) is 0 Å². The first kappa shape index (κ1) is 26.9. The number of carbonyl (C=O) groups is 1. The number of amides is 1. The van der Waals surface area contributed by atoms with Gasteiger partial charge in [0.05, 0.1) is 23.9 Å². The van der Waals surface area contributed by atoms with Crippen LogP contribution < -0.4 is 10.2 Å². The van der Waals surface area contributed by atoms with Gasteiger partial charge in [0.2, 0.25) is 0 Å². The molecule has 1 aromatic carbocycles. The van der Waals surface area contributed by atoms with E-state index in [1.807, 2.05) is 31.1 Å². The smallest absolute Gasteiger partial charge is 0.280 e. The third kappa shape index (κ3) is 6.80. The average Bonchev–Trinajstić information content (AvgIpc) is 3.53. The Morgan fingerprint density at radius 2 is 2.00 bits per heavy atom. The van der Waals surface area contributed by atoms with E-state index in [9.17, 15) is 13.2 Å². The van der Waals surface area contributed by atoms with Crippen molar-refractivity contribution in [2.24, 2.45) is 5.16 Å². The van der Waals surface area contributed by atoms with Crippen LogP contribution in [0.4, 0.5) is 10.9 Å². The molecule has 1 fully saturated rings. The second kappa shape index (κ2) is 11.9. The van der Waals surface area contributed by atoms with Crippen LogP contribution in [0.25, 0.3) is 10.3 Å². The minimum atomic E-state index is -3.48. The number of nitrogens with zero attached hydrogens (tertiary/aromatic N) is 4. The Bertz CT molecular complexity index is 1370. The number of ether oxygens (including phenoxy) is 2. The highest BCUT2D eigenvalue weighted by Gasteiger charge is 2.22. The Hall–Kier alpha value is -3.13. The van der Waals surface area contributed by atoms with Crippen molar-refractivity contribution >= 4 is 54.1 Å². The van der Waals surface area contributed by atoms with Gasteiger partial charge in [0.25, 0.3) is 5.91 Å². The fraction of sp³-hybridized carbons (Fsp3) is 0.417. The van der Waals surface area contributed by atoms with Crippen LogP contribution in [0.3, 0.4) is 0 Å². The zero-order chi connectivity index (χ0) is 26.4. The molecular formula is C24H29N5O6S2. The Kier molecular flexibility index (Phi) is 8.69. The normalized spacial score (nSPS) is 16.2. The monoisotopic (exact) mass is 547 g/mol. The molecule has 37 heavy (non-hydrogen) atoms. The summed E-state index contributed by atoms with van der Waals surface area (Å²) >= 11 is 1.24. The van der Waals surface area contributed by atoms with E-state index in [0.717, 1.165) is 5.82 Å². The number of hydrogen-bond acceptors (Lipinski definition) is 11. The van der Waals surface area contributed by atoms with Gasteiger partial charge in [-0.3, -0.25) is 10.1 Å². The maximum atomic E-state index is 13.3. The van der Waals surface area contributed by atoms with Gasteiger partial charge in [0.15, 0.2) is 26.8 Å². The summed E-state index contributed by atoms with van der Waals surface area (Å²) in [7, 11) is 1.84. The fourth-order valence-corrected chi connectivity index (χ4v) is 5.66. The van der Waals surface area contributed by atoms with Crippen LogP contribution in [0.2, 0.25) is 0 Å². The van der Waals surface area contributed by atoms with Crippen LogP contribution in [0, 0.1) is 0 Å². The molecule has 1 amide bonds. The number of fused-ring (bicyclic) bond motifs is 1. The Balaban J connectivity index is 1.57. The molecule has 3 heterocycles. The number of sulfone groups is 1. The molecular weight excluding hydrogens is 518 g/mol. The summed E-state index contributed by atoms with van der Waals surface area (Å²) in [5.74, 6) is 0.204. The lowest BCUT2D eigenvalue weighted by atomic mass is 10.1. The number of oxime groups is 1. The minimum absolute atomic E-state index is 0.00331. The third-order valence-corrected chi connectivity index (χ3v) is 8.26. The average molecular weight is 548 g/mol. The van der Waals surface area contributed by atoms with Gasteiger partial charge in [0, 0.05) is 39.8 Å². The van der Waals surface area contributed by atoms with Crippen LogP contribution in [0.15, 0.2) is 46.4 Å². The number of nitrogens with one attached hydrogen (secondary N) is 1. The van der Waals surface area contributed by atoms with Gasteiger partial charge in [-0.15, -0.1) is 0 Å². The SMILES string of the molecule is COCCCS(=O)(=O)c1ccc(/C(=N\O[C@@H]2CCOC2)C(=O)Nc2nc3ccc(N(C)C)nc3s2)cc1. The number of thiazole rings is 1. The van der Waals surface area contributed by atoms with Gasteiger partial charge in [0.1, 0.15) is 16.2 Å². The number of aromatic nitrogens is 2. The minimum Gasteiger partial charge on any atom is -0.389 e. The second-order valence-corrected chi connectivity index (χ2v) is 11.7. The van der Waals surface area contributed by atoms with E-state index < -0.39 is 15.7 Å². The van der Waals surface area contributed by atoms with Crippen molar-refractivity contribution in [1.82, 2.24) is 9.97 Å². The predicted molar refractivity (Wildman–Crippen MR) is 142 cm³/mol. The van der Waals surface area contributed by atoms with Crippen molar-refractivity contribution in [3.8, 4) is 0 Å². The number of benzene rings is 1. The molecule has 1 saturated heterocycles. The van der Waals surface area contributed by atoms with E-state index in [2.05, 4.69) is 20.4 Å². The molecule has 0 saturated carbocycles. The van der Waals surface area contributed by atoms with Crippen LogP contribution in [-0.4, -0.2) is 82.9 Å².